The topological polar surface area (TPSA) is 25.8 Å². The summed E-state index contributed by atoms with van der Waals surface area (Å²) in [6.45, 7) is 8.62. The van der Waals surface area contributed by atoms with Gasteiger partial charge in [-0.2, -0.15) is 0 Å². The van der Waals surface area contributed by atoms with Crippen molar-refractivity contribution in [1.29, 1.82) is 0 Å². The minimum Gasteiger partial charge on any atom is -0.238 e. The summed E-state index contributed by atoms with van der Waals surface area (Å²) in [5.74, 6) is 0.836. The molecule has 0 saturated heterocycles. The van der Waals surface area contributed by atoms with Crippen molar-refractivity contribution in [3.63, 3.8) is 0 Å². The van der Waals surface area contributed by atoms with E-state index in [0.29, 0.717) is 0 Å². The lowest BCUT2D eigenvalue weighted by atomic mass is 9.91. The van der Waals surface area contributed by atoms with Crippen LogP contribution in [0.15, 0.2) is 48.5 Å². The normalized spacial score (nSPS) is 11.5. The predicted molar refractivity (Wildman–Crippen MR) is 138 cm³/mol. The van der Waals surface area contributed by atoms with Gasteiger partial charge in [-0.15, -0.1) is 0 Å². The second-order valence-corrected chi connectivity index (χ2v) is 9.17. The molecule has 0 amide bonds. The molecular weight excluding hydrogens is 388 g/mol. The molecular formula is C30H36N2. The van der Waals surface area contributed by atoms with Gasteiger partial charge >= 0.3 is 0 Å². The highest BCUT2D eigenvalue weighted by Crippen LogP contribution is 2.36. The van der Waals surface area contributed by atoms with Gasteiger partial charge in [0.15, 0.2) is 0 Å². The number of benzene rings is 3. The summed E-state index contributed by atoms with van der Waals surface area (Å²) >= 11 is 0. The Hall–Kier alpha value is -2.74. The van der Waals surface area contributed by atoms with E-state index >= 15 is 0 Å². The molecule has 0 N–H and O–H groups in total. The zero-order valence-electron chi connectivity index (χ0n) is 20.2. The SMILES string of the molecule is CCCCCc1ccc(-c2cc3nc(C)nc(C)c3c3ccc(CCCCC)cc23)cc1. The first kappa shape index (κ1) is 22.5. The number of rotatable bonds is 9. The van der Waals surface area contributed by atoms with Gasteiger partial charge in [0.25, 0.3) is 0 Å². The third-order valence-corrected chi connectivity index (χ3v) is 6.56. The molecule has 4 rings (SSSR count). The second-order valence-electron chi connectivity index (χ2n) is 9.17. The first-order chi connectivity index (χ1) is 15.6. The van der Waals surface area contributed by atoms with Crippen LogP contribution in [0.25, 0.3) is 32.8 Å². The van der Waals surface area contributed by atoms with E-state index in [1.54, 1.807) is 0 Å². The summed E-state index contributed by atoms with van der Waals surface area (Å²) in [5, 5.41) is 3.77. The van der Waals surface area contributed by atoms with Gasteiger partial charge in [-0.25, -0.2) is 9.97 Å². The first-order valence-electron chi connectivity index (χ1n) is 12.4. The molecule has 0 radical (unpaired) electrons. The Balaban J connectivity index is 1.83. The molecule has 1 heterocycles. The van der Waals surface area contributed by atoms with Crippen LogP contribution in [-0.4, -0.2) is 9.97 Å². The van der Waals surface area contributed by atoms with E-state index in [2.05, 4.69) is 74.3 Å². The molecule has 2 nitrogen and oxygen atoms in total. The summed E-state index contributed by atoms with van der Waals surface area (Å²) in [6, 6.07) is 18.5. The third kappa shape index (κ3) is 4.85. The molecule has 0 bridgehead atoms. The molecule has 0 unspecified atom stereocenters. The van der Waals surface area contributed by atoms with E-state index in [4.69, 9.17) is 4.98 Å². The van der Waals surface area contributed by atoms with Gasteiger partial charge in [-0.3, -0.25) is 0 Å². The average molecular weight is 425 g/mol. The summed E-state index contributed by atoms with van der Waals surface area (Å²) < 4.78 is 0. The minimum absolute atomic E-state index is 0.836. The smallest absolute Gasteiger partial charge is 0.126 e. The molecule has 4 aromatic rings. The largest absolute Gasteiger partial charge is 0.238 e. The maximum Gasteiger partial charge on any atom is 0.126 e. The van der Waals surface area contributed by atoms with Gasteiger partial charge in [0.1, 0.15) is 5.82 Å². The first-order valence-corrected chi connectivity index (χ1v) is 12.4. The van der Waals surface area contributed by atoms with Gasteiger partial charge in [0.05, 0.1) is 5.52 Å². The summed E-state index contributed by atoms with van der Waals surface area (Å²) in [4.78, 5) is 9.49. The van der Waals surface area contributed by atoms with E-state index in [9.17, 15) is 0 Å². The van der Waals surface area contributed by atoms with Crippen LogP contribution >= 0.6 is 0 Å². The second kappa shape index (κ2) is 10.3. The van der Waals surface area contributed by atoms with Crippen LogP contribution in [0, 0.1) is 13.8 Å². The Bertz CT molecular complexity index is 1210. The van der Waals surface area contributed by atoms with Crippen LogP contribution in [0.5, 0.6) is 0 Å². The van der Waals surface area contributed by atoms with Crippen LogP contribution in [0.1, 0.15) is 75.0 Å². The van der Waals surface area contributed by atoms with Crippen molar-refractivity contribution in [2.75, 3.05) is 0 Å². The molecule has 0 aliphatic heterocycles. The van der Waals surface area contributed by atoms with Crippen LogP contribution in [-0.2, 0) is 12.8 Å². The van der Waals surface area contributed by atoms with Gasteiger partial charge < -0.3 is 0 Å². The maximum absolute atomic E-state index is 4.81. The highest BCUT2D eigenvalue weighted by molar-refractivity contribution is 6.13. The summed E-state index contributed by atoms with van der Waals surface area (Å²) in [7, 11) is 0. The molecule has 32 heavy (non-hydrogen) atoms. The zero-order valence-corrected chi connectivity index (χ0v) is 20.2. The molecule has 0 fully saturated rings. The van der Waals surface area contributed by atoms with Crippen molar-refractivity contribution in [2.45, 2.75) is 79.1 Å². The summed E-state index contributed by atoms with van der Waals surface area (Å²) in [6.07, 6.45) is 9.93. The molecule has 1 aromatic heterocycles. The van der Waals surface area contributed by atoms with Gasteiger partial charge in [0, 0.05) is 11.1 Å². The van der Waals surface area contributed by atoms with E-state index < -0.39 is 0 Å². The Morgan fingerprint density at radius 2 is 1.31 bits per heavy atom. The number of hydrogen-bond acceptors (Lipinski definition) is 2. The van der Waals surface area contributed by atoms with Crippen LogP contribution in [0.4, 0.5) is 0 Å². The molecule has 3 aromatic carbocycles. The van der Waals surface area contributed by atoms with Gasteiger partial charge in [-0.1, -0.05) is 82.0 Å². The minimum atomic E-state index is 0.836. The van der Waals surface area contributed by atoms with Crippen molar-refractivity contribution < 1.29 is 0 Å². The fraction of sp³-hybridized carbons (Fsp3) is 0.400. The number of aromatic nitrogens is 2. The molecule has 0 saturated carbocycles. The molecule has 0 aliphatic rings. The lowest BCUT2D eigenvalue weighted by Crippen LogP contribution is -1.96. The Morgan fingerprint density at radius 1 is 0.656 bits per heavy atom. The Morgan fingerprint density at radius 3 is 2.00 bits per heavy atom. The van der Waals surface area contributed by atoms with Crippen molar-refractivity contribution in [2.24, 2.45) is 0 Å². The predicted octanol–water partition coefficient (Wildman–Crippen LogP) is 8.53. The lowest BCUT2D eigenvalue weighted by Gasteiger charge is -2.14. The quantitative estimate of drug-likeness (QED) is 0.199. The van der Waals surface area contributed by atoms with Gasteiger partial charge in [-0.05, 0) is 78.6 Å². The Kier molecular flexibility index (Phi) is 7.19. The van der Waals surface area contributed by atoms with E-state index in [1.807, 2.05) is 6.92 Å². The van der Waals surface area contributed by atoms with Crippen LogP contribution in [0.2, 0.25) is 0 Å². The Labute approximate surface area is 193 Å². The zero-order chi connectivity index (χ0) is 22.5. The van der Waals surface area contributed by atoms with Crippen LogP contribution in [0.3, 0.4) is 0 Å². The molecule has 0 aliphatic carbocycles. The molecule has 0 atom stereocenters. The molecule has 166 valence electrons. The third-order valence-electron chi connectivity index (χ3n) is 6.56. The fourth-order valence-corrected chi connectivity index (χ4v) is 4.83. The van der Waals surface area contributed by atoms with Gasteiger partial charge in [0.2, 0.25) is 0 Å². The highest BCUT2D eigenvalue weighted by Gasteiger charge is 2.13. The molecule has 0 spiro atoms. The number of fused-ring (bicyclic) bond motifs is 3. The number of unbranched alkanes of at least 4 members (excludes halogenated alkanes) is 4. The van der Waals surface area contributed by atoms with Crippen molar-refractivity contribution in [3.8, 4) is 11.1 Å². The number of nitrogens with zero attached hydrogens (tertiary/aromatic N) is 2. The summed E-state index contributed by atoms with van der Waals surface area (Å²) in [5.41, 5.74) is 7.52. The van der Waals surface area contributed by atoms with E-state index in [1.165, 1.54) is 83.4 Å². The fourth-order valence-electron chi connectivity index (χ4n) is 4.83. The average Bonchev–Trinajstić information content (AvgIpc) is 2.79. The maximum atomic E-state index is 4.81. The van der Waals surface area contributed by atoms with Crippen LogP contribution < -0.4 is 0 Å². The molecule has 2 heteroatoms. The lowest BCUT2D eigenvalue weighted by molar-refractivity contribution is 0.717. The van der Waals surface area contributed by atoms with Crippen molar-refractivity contribution >= 4 is 21.7 Å². The standard InChI is InChI=1S/C30H36N2/c1-5-7-9-11-23-13-16-25(17-14-23)27-20-29-30(21(3)31-22(4)32-29)26-18-15-24(19-28(26)27)12-10-8-6-2/h13-20H,5-12H2,1-4H3. The van der Waals surface area contributed by atoms with Crippen molar-refractivity contribution in [3.05, 3.63) is 71.2 Å². The number of aryl methyl sites for hydroxylation is 4. The van der Waals surface area contributed by atoms with Crippen molar-refractivity contribution in [1.82, 2.24) is 9.97 Å². The van der Waals surface area contributed by atoms with E-state index in [0.717, 1.165) is 23.5 Å². The monoisotopic (exact) mass is 424 g/mol. The number of hydrogen-bond donors (Lipinski definition) is 0. The van der Waals surface area contributed by atoms with E-state index in [-0.39, 0.29) is 0 Å². The highest BCUT2D eigenvalue weighted by atomic mass is 14.9.